The lowest BCUT2D eigenvalue weighted by molar-refractivity contribution is 0.101. The number of anilines is 1. The third-order valence-electron chi connectivity index (χ3n) is 4.41. The summed E-state index contributed by atoms with van der Waals surface area (Å²) in [5.41, 5.74) is 1.38. The SMILES string of the molecule is O=C(CNc1cccc(I)c1)c1ccc(S(=O)(=O)N2CCCCC2)cc1. The standard InChI is InChI=1S/C19H21IN2O3S/c20-16-5-4-6-17(13-16)21-14-19(23)15-7-9-18(10-8-15)26(24,25)22-11-2-1-3-12-22/h4-10,13,21H,1-3,11-12,14H2. The number of halogens is 1. The Morgan fingerprint density at radius 1 is 1.04 bits per heavy atom. The van der Waals surface area contributed by atoms with Gasteiger partial charge in [0.05, 0.1) is 11.4 Å². The molecule has 0 atom stereocenters. The topological polar surface area (TPSA) is 66.5 Å². The van der Waals surface area contributed by atoms with Crippen LogP contribution in [0.25, 0.3) is 0 Å². The van der Waals surface area contributed by atoms with Gasteiger partial charge in [-0.05, 0) is 77.9 Å². The minimum absolute atomic E-state index is 0.0780. The van der Waals surface area contributed by atoms with Crippen molar-refractivity contribution < 1.29 is 13.2 Å². The molecule has 1 aliphatic rings. The lowest BCUT2D eigenvalue weighted by Crippen LogP contribution is -2.35. The quantitative estimate of drug-likeness (QED) is 0.501. The van der Waals surface area contributed by atoms with Crippen LogP contribution in [-0.4, -0.2) is 38.1 Å². The van der Waals surface area contributed by atoms with E-state index in [4.69, 9.17) is 0 Å². The highest BCUT2D eigenvalue weighted by atomic mass is 127. The van der Waals surface area contributed by atoms with Gasteiger partial charge in [0.2, 0.25) is 10.0 Å². The second-order valence-electron chi connectivity index (χ2n) is 6.28. The molecule has 2 aromatic rings. The Morgan fingerprint density at radius 2 is 1.73 bits per heavy atom. The normalized spacial score (nSPS) is 15.6. The van der Waals surface area contributed by atoms with E-state index in [1.165, 1.54) is 16.4 Å². The van der Waals surface area contributed by atoms with Gasteiger partial charge in [-0.15, -0.1) is 0 Å². The number of rotatable bonds is 6. The van der Waals surface area contributed by atoms with Crippen molar-refractivity contribution in [3.8, 4) is 0 Å². The van der Waals surface area contributed by atoms with Crippen molar-refractivity contribution in [2.75, 3.05) is 25.0 Å². The predicted octanol–water partition coefficient (Wildman–Crippen LogP) is 3.76. The molecule has 0 aliphatic carbocycles. The number of piperidine rings is 1. The number of hydrogen-bond acceptors (Lipinski definition) is 4. The first-order valence-corrected chi connectivity index (χ1v) is 11.1. The van der Waals surface area contributed by atoms with Crippen LogP contribution < -0.4 is 5.32 Å². The Labute approximate surface area is 168 Å². The van der Waals surface area contributed by atoms with Crippen molar-refractivity contribution in [1.29, 1.82) is 0 Å². The molecule has 5 nitrogen and oxygen atoms in total. The van der Waals surface area contributed by atoms with Crippen LogP contribution in [0, 0.1) is 3.57 Å². The lowest BCUT2D eigenvalue weighted by atomic mass is 10.1. The van der Waals surface area contributed by atoms with Gasteiger partial charge in [0.1, 0.15) is 0 Å². The van der Waals surface area contributed by atoms with Crippen LogP contribution in [0.15, 0.2) is 53.4 Å². The molecule has 0 radical (unpaired) electrons. The van der Waals surface area contributed by atoms with Gasteiger partial charge in [0.25, 0.3) is 0 Å². The highest BCUT2D eigenvalue weighted by Crippen LogP contribution is 2.21. The van der Waals surface area contributed by atoms with Gasteiger partial charge in [-0.2, -0.15) is 4.31 Å². The predicted molar refractivity (Wildman–Crippen MR) is 111 cm³/mol. The number of carbonyl (C=O) groups is 1. The summed E-state index contributed by atoms with van der Waals surface area (Å²) >= 11 is 2.22. The molecule has 0 aromatic heterocycles. The minimum Gasteiger partial charge on any atom is -0.378 e. The van der Waals surface area contributed by atoms with Crippen LogP contribution in [-0.2, 0) is 10.0 Å². The number of Topliss-reactive ketones (excluding diaryl/α,β-unsaturated/α-hetero) is 1. The molecule has 2 aromatic carbocycles. The minimum atomic E-state index is -3.46. The molecule has 1 saturated heterocycles. The monoisotopic (exact) mass is 484 g/mol. The van der Waals surface area contributed by atoms with Crippen molar-refractivity contribution in [1.82, 2.24) is 4.31 Å². The highest BCUT2D eigenvalue weighted by molar-refractivity contribution is 14.1. The molecule has 0 saturated carbocycles. The van der Waals surface area contributed by atoms with E-state index in [-0.39, 0.29) is 17.2 Å². The van der Waals surface area contributed by atoms with E-state index in [2.05, 4.69) is 27.9 Å². The second kappa shape index (κ2) is 8.49. The van der Waals surface area contributed by atoms with Crippen LogP contribution >= 0.6 is 22.6 Å². The third kappa shape index (κ3) is 4.63. The fourth-order valence-electron chi connectivity index (χ4n) is 2.95. The first-order valence-electron chi connectivity index (χ1n) is 8.60. The van der Waals surface area contributed by atoms with Gasteiger partial charge in [0.15, 0.2) is 5.78 Å². The molecule has 1 fully saturated rings. The van der Waals surface area contributed by atoms with Gasteiger partial charge >= 0.3 is 0 Å². The van der Waals surface area contributed by atoms with Gasteiger partial charge in [-0.3, -0.25) is 4.79 Å². The lowest BCUT2D eigenvalue weighted by Gasteiger charge is -2.25. The summed E-state index contributed by atoms with van der Waals surface area (Å²) in [6.07, 6.45) is 2.88. The van der Waals surface area contributed by atoms with Crippen LogP contribution in [0.1, 0.15) is 29.6 Å². The van der Waals surface area contributed by atoms with Gasteiger partial charge in [0, 0.05) is 27.9 Å². The zero-order valence-electron chi connectivity index (χ0n) is 14.3. The molecule has 3 rings (SSSR count). The molecular weight excluding hydrogens is 463 g/mol. The van der Waals surface area contributed by atoms with Crippen LogP contribution in [0.4, 0.5) is 5.69 Å². The summed E-state index contributed by atoms with van der Waals surface area (Å²) in [6, 6.07) is 14.0. The molecule has 26 heavy (non-hydrogen) atoms. The molecule has 138 valence electrons. The third-order valence-corrected chi connectivity index (χ3v) is 6.99. The first-order chi connectivity index (χ1) is 12.5. The Hall–Kier alpha value is -1.45. The maximum atomic E-state index is 12.6. The van der Waals surface area contributed by atoms with E-state index in [9.17, 15) is 13.2 Å². The maximum absolute atomic E-state index is 12.6. The Kier molecular flexibility index (Phi) is 6.31. The van der Waals surface area contributed by atoms with Crippen LogP contribution in [0.2, 0.25) is 0 Å². The Balaban J connectivity index is 1.65. The largest absolute Gasteiger partial charge is 0.378 e. The fraction of sp³-hybridized carbons (Fsp3) is 0.316. The average Bonchev–Trinajstić information content (AvgIpc) is 2.67. The van der Waals surface area contributed by atoms with Crippen LogP contribution in [0.5, 0.6) is 0 Å². The van der Waals surface area contributed by atoms with Gasteiger partial charge in [-0.25, -0.2) is 8.42 Å². The molecular formula is C19H21IN2O3S. The summed E-state index contributed by atoms with van der Waals surface area (Å²) in [5, 5.41) is 3.10. The van der Waals surface area contributed by atoms with E-state index in [0.29, 0.717) is 18.7 Å². The summed E-state index contributed by atoms with van der Waals surface area (Å²) in [4.78, 5) is 12.6. The molecule has 1 aliphatic heterocycles. The number of sulfonamides is 1. The van der Waals surface area contributed by atoms with Crippen molar-refractivity contribution in [3.05, 3.63) is 57.7 Å². The molecule has 7 heteroatoms. The number of ketones is 1. The summed E-state index contributed by atoms with van der Waals surface area (Å²) in [5.74, 6) is -0.0780. The molecule has 1 N–H and O–H groups in total. The Bertz CT molecular complexity index is 876. The molecule has 0 spiro atoms. The fourth-order valence-corrected chi connectivity index (χ4v) is 5.01. The summed E-state index contributed by atoms with van der Waals surface area (Å²) < 4.78 is 27.9. The first kappa shape index (κ1) is 19.3. The number of carbonyl (C=O) groups excluding carboxylic acids is 1. The number of nitrogens with one attached hydrogen (secondary N) is 1. The summed E-state index contributed by atoms with van der Waals surface area (Å²) in [7, 11) is -3.46. The van der Waals surface area contributed by atoms with Crippen molar-refractivity contribution >= 4 is 44.1 Å². The maximum Gasteiger partial charge on any atom is 0.243 e. The zero-order chi connectivity index (χ0) is 18.6. The van der Waals surface area contributed by atoms with Gasteiger partial charge in [-0.1, -0.05) is 12.5 Å². The smallest absolute Gasteiger partial charge is 0.243 e. The van der Waals surface area contributed by atoms with Crippen molar-refractivity contribution in [2.45, 2.75) is 24.2 Å². The molecule has 1 heterocycles. The van der Waals surface area contributed by atoms with E-state index in [0.717, 1.165) is 28.5 Å². The average molecular weight is 484 g/mol. The summed E-state index contributed by atoms with van der Waals surface area (Å²) in [6.45, 7) is 1.31. The van der Waals surface area contributed by atoms with E-state index >= 15 is 0 Å². The highest BCUT2D eigenvalue weighted by Gasteiger charge is 2.25. The number of benzene rings is 2. The number of hydrogen-bond donors (Lipinski definition) is 1. The van der Waals surface area contributed by atoms with E-state index in [1.807, 2.05) is 24.3 Å². The second-order valence-corrected chi connectivity index (χ2v) is 9.46. The molecule has 0 bridgehead atoms. The molecule has 0 unspecified atom stereocenters. The van der Waals surface area contributed by atoms with E-state index < -0.39 is 10.0 Å². The van der Waals surface area contributed by atoms with Crippen molar-refractivity contribution in [3.63, 3.8) is 0 Å². The zero-order valence-corrected chi connectivity index (χ0v) is 17.3. The molecule has 0 amide bonds. The Morgan fingerprint density at radius 3 is 2.38 bits per heavy atom. The van der Waals surface area contributed by atoms with E-state index in [1.54, 1.807) is 12.1 Å². The van der Waals surface area contributed by atoms with Crippen LogP contribution in [0.3, 0.4) is 0 Å². The number of nitrogens with zero attached hydrogens (tertiary/aromatic N) is 1. The van der Waals surface area contributed by atoms with Gasteiger partial charge < -0.3 is 5.32 Å². The van der Waals surface area contributed by atoms with Crippen molar-refractivity contribution in [2.24, 2.45) is 0 Å².